The van der Waals surface area contributed by atoms with Crippen molar-refractivity contribution in [2.75, 3.05) is 19.6 Å². The van der Waals surface area contributed by atoms with Gasteiger partial charge in [0.05, 0.1) is 19.8 Å². The van der Waals surface area contributed by atoms with Gasteiger partial charge >= 0.3 is 5.97 Å². The molecule has 0 saturated carbocycles. The van der Waals surface area contributed by atoms with Crippen LogP contribution in [0, 0.1) is 0 Å². The van der Waals surface area contributed by atoms with E-state index in [-0.39, 0.29) is 23.8 Å². The second-order valence-electron chi connectivity index (χ2n) is 5.28. The van der Waals surface area contributed by atoms with Crippen LogP contribution >= 0.6 is 0 Å². The van der Waals surface area contributed by atoms with E-state index in [9.17, 15) is 14.7 Å². The van der Waals surface area contributed by atoms with Crippen molar-refractivity contribution >= 4 is 20.1 Å². The van der Waals surface area contributed by atoms with E-state index in [1.807, 2.05) is 4.90 Å². The topological polar surface area (TPSA) is 87.1 Å². The molecular weight excluding hydrogens is 285 g/mol. The number of hydrogen-bond acceptors (Lipinski definition) is 5. The average Bonchev–Trinajstić information content (AvgIpc) is 2.44. The molecule has 1 aromatic carbocycles. The number of aldehydes is 1. The number of carbonyl (C=O) groups is 2. The molecule has 2 radical (unpaired) electrons. The van der Waals surface area contributed by atoms with Gasteiger partial charge in [0.1, 0.15) is 17.6 Å². The molecule has 0 aromatic heterocycles. The average molecular weight is 303 g/mol. The third kappa shape index (κ3) is 3.79. The zero-order valence-electron chi connectivity index (χ0n) is 12.2. The summed E-state index contributed by atoms with van der Waals surface area (Å²) >= 11 is 0. The van der Waals surface area contributed by atoms with Crippen LogP contribution in [-0.2, 0) is 11.2 Å². The minimum Gasteiger partial charge on any atom is -0.507 e. The zero-order valence-corrected chi connectivity index (χ0v) is 12.2. The van der Waals surface area contributed by atoms with Gasteiger partial charge in [0.2, 0.25) is 0 Å². The van der Waals surface area contributed by atoms with Crippen molar-refractivity contribution in [3.8, 4) is 11.5 Å². The summed E-state index contributed by atoms with van der Waals surface area (Å²) in [7, 11) is 5.46. The number of aliphatic carboxylic acids is 1. The Morgan fingerprint density at radius 3 is 2.77 bits per heavy atom. The lowest BCUT2D eigenvalue weighted by molar-refractivity contribution is -0.138. The number of carboxylic acids is 1. The van der Waals surface area contributed by atoms with Gasteiger partial charge in [-0.1, -0.05) is 12.4 Å². The molecule has 1 heterocycles. The fourth-order valence-corrected chi connectivity index (χ4v) is 2.42. The number of phenols is 1. The molecule has 0 unspecified atom stereocenters. The Hall–Kier alpha value is -2.02. The number of rotatable bonds is 8. The van der Waals surface area contributed by atoms with E-state index in [0.29, 0.717) is 50.0 Å². The van der Waals surface area contributed by atoms with Crippen molar-refractivity contribution in [3.63, 3.8) is 0 Å². The quantitative estimate of drug-likeness (QED) is 0.547. The van der Waals surface area contributed by atoms with E-state index in [1.54, 1.807) is 12.1 Å². The maximum atomic E-state index is 11.2. The number of likely N-dealkylation sites (tertiary alicyclic amines) is 1. The molecule has 116 valence electrons. The lowest BCUT2D eigenvalue weighted by Crippen LogP contribution is -2.54. The fraction of sp³-hybridized carbons (Fsp3) is 0.467. The second-order valence-corrected chi connectivity index (χ2v) is 5.28. The number of aromatic hydroxyl groups is 1. The van der Waals surface area contributed by atoms with E-state index in [1.165, 1.54) is 0 Å². The molecule has 0 amide bonds. The molecule has 1 aliphatic rings. The highest BCUT2D eigenvalue weighted by Gasteiger charge is 2.29. The summed E-state index contributed by atoms with van der Waals surface area (Å²) in [6.07, 6.45) is 1.44. The second kappa shape index (κ2) is 7.31. The molecule has 1 saturated heterocycles. The zero-order chi connectivity index (χ0) is 16.1. The number of carbonyl (C=O) groups excluding carboxylic acids is 1. The summed E-state index contributed by atoms with van der Waals surface area (Å²) < 4.78 is 5.71. The van der Waals surface area contributed by atoms with Crippen molar-refractivity contribution in [3.05, 3.63) is 23.3 Å². The van der Waals surface area contributed by atoms with Gasteiger partial charge in [-0.05, 0) is 18.1 Å². The molecule has 0 bridgehead atoms. The lowest BCUT2D eigenvalue weighted by atomic mass is 9.95. The predicted molar refractivity (Wildman–Crippen MR) is 80.9 cm³/mol. The van der Waals surface area contributed by atoms with Crippen molar-refractivity contribution in [1.29, 1.82) is 0 Å². The summed E-state index contributed by atoms with van der Waals surface area (Å²) in [5.74, 6) is -0.566. The smallest absolute Gasteiger partial charge is 0.304 e. The number of carboxylic acid groups (broad SMARTS) is 1. The Morgan fingerprint density at radius 1 is 1.45 bits per heavy atom. The van der Waals surface area contributed by atoms with Crippen molar-refractivity contribution in [1.82, 2.24) is 4.90 Å². The van der Waals surface area contributed by atoms with Gasteiger partial charge in [0.25, 0.3) is 0 Å². The minimum absolute atomic E-state index is 0.0833. The molecule has 0 aliphatic carbocycles. The standard InChI is InChI=1S/C15H18BNO5/c16-5-3-10-1-2-13(12(9-18)15(10)21)22-11-7-17(8-11)6-4-14(19)20/h1-2,9,11,21H,3-8H2,(H,19,20). The molecule has 7 heteroatoms. The van der Waals surface area contributed by atoms with Crippen LogP contribution in [-0.4, -0.2) is 61.0 Å². The Labute approximate surface area is 130 Å². The highest BCUT2D eigenvalue weighted by atomic mass is 16.5. The van der Waals surface area contributed by atoms with Crippen LogP contribution in [0.5, 0.6) is 11.5 Å². The minimum atomic E-state index is -0.826. The molecule has 0 atom stereocenters. The van der Waals surface area contributed by atoms with Gasteiger partial charge in [-0.3, -0.25) is 14.5 Å². The highest BCUT2D eigenvalue weighted by Crippen LogP contribution is 2.32. The monoisotopic (exact) mass is 303 g/mol. The van der Waals surface area contributed by atoms with Crippen LogP contribution in [0.3, 0.4) is 0 Å². The van der Waals surface area contributed by atoms with E-state index in [4.69, 9.17) is 17.7 Å². The summed E-state index contributed by atoms with van der Waals surface area (Å²) in [4.78, 5) is 23.6. The summed E-state index contributed by atoms with van der Waals surface area (Å²) in [5.41, 5.74) is 0.753. The van der Waals surface area contributed by atoms with Crippen LogP contribution in [0.1, 0.15) is 22.3 Å². The van der Waals surface area contributed by atoms with E-state index in [2.05, 4.69) is 0 Å². The highest BCUT2D eigenvalue weighted by molar-refractivity contribution is 6.08. The molecular formula is C15H18BNO5. The number of nitrogens with zero attached hydrogens (tertiary/aromatic N) is 1. The maximum Gasteiger partial charge on any atom is 0.304 e. The van der Waals surface area contributed by atoms with Crippen LogP contribution in [0.25, 0.3) is 0 Å². The first-order chi connectivity index (χ1) is 10.5. The van der Waals surface area contributed by atoms with Gasteiger partial charge < -0.3 is 14.9 Å². The SMILES string of the molecule is [B]CCc1ccc(OC2CN(CCC(=O)O)C2)c(C=O)c1O. The molecule has 6 nitrogen and oxygen atoms in total. The molecule has 1 aliphatic heterocycles. The Kier molecular flexibility index (Phi) is 5.43. The first kappa shape index (κ1) is 16.4. The van der Waals surface area contributed by atoms with Crippen LogP contribution in [0.2, 0.25) is 6.32 Å². The molecule has 1 fully saturated rings. The van der Waals surface area contributed by atoms with Crippen LogP contribution in [0.4, 0.5) is 0 Å². The number of aryl methyl sites for hydroxylation is 1. The lowest BCUT2D eigenvalue weighted by Gasteiger charge is -2.38. The Bertz CT molecular complexity index is 557. The summed E-state index contributed by atoms with van der Waals surface area (Å²) in [5, 5.41) is 18.7. The first-order valence-electron chi connectivity index (χ1n) is 7.16. The molecule has 22 heavy (non-hydrogen) atoms. The molecule has 0 spiro atoms. The third-order valence-electron chi connectivity index (χ3n) is 3.65. The van der Waals surface area contributed by atoms with Crippen molar-refractivity contribution in [2.45, 2.75) is 25.3 Å². The van der Waals surface area contributed by atoms with E-state index in [0.717, 1.165) is 0 Å². The Morgan fingerprint density at radius 2 is 2.18 bits per heavy atom. The Balaban J connectivity index is 1.95. The molecule has 2 N–H and O–H groups in total. The van der Waals surface area contributed by atoms with Crippen LogP contribution < -0.4 is 4.74 Å². The summed E-state index contributed by atoms with van der Waals surface area (Å²) in [6, 6.07) is 3.36. The maximum absolute atomic E-state index is 11.2. The largest absolute Gasteiger partial charge is 0.507 e. The number of phenolic OH excluding ortho intramolecular Hbond substituents is 1. The predicted octanol–water partition coefficient (Wildman–Crippen LogP) is 0.872. The first-order valence-corrected chi connectivity index (χ1v) is 7.16. The van der Waals surface area contributed by atoms with Gasteiger partial charge in [-0.25, -0.2) is 0 Å². The molecule has 1 aromatic rings. The van der Waals surface area contributed by atoms with Gasteiger partial charge in [0.15, 0.2) is 6.29 Å². The molecule has 2 rings (SSSR count). The number of hydrogen-bond donors (Lipinski definition) is 2. The number of benzene rings is 1. The third-order valence-corrected chi connectivity index (χ3v) is 3.65. The van der Waals surface area contributed by atoms with Gasteiger partial charge in [-0.15, -0.1) is 0 Å². The van der Waals surface area contributed by atoms with E-state index < -0.39 is 5.97 Å². The van der Waals surface area contributed by atoms with Crippen molar-refractivity contribution in [2.24, 2.45) is 0 Å². The van der Waals surface area contributed by atoms with Gasteiger partial charge in [-0.2, -0.15) is 0 Å². The fourth-order valence-electron chi connectivity index (χ4n) is 2.42. The number of ether oxygens (including phenoxy) is 1. The van der Waals surface area contributed by atoms with Crippen LogP contribution in [0.15, 0.2) is 12.1 Å². The van der Waals surface area contributed by atoms with Crippen molar-refractivity contribution < 1.29 is 24.5 Å². The summed E-state index contributed by atoms with van der Waals surface area (Å²) in [6.45, 7) is 1.70. The normalized spacial score (nSPS) is 15.3. The van der Waals surface area contributed by atoms with E-state index >= 15 is 0 Å². The van der Waals surface area contributed by atoms with Gasteiger partial charge in [0, 0.05) is 19.6 Å².